The van der Waals surface area contributed by atoms with E-state index in [4.69, 9.17) is 9.47 Å². The highest BCUT2D eigenvalue weighted by atomic mass is 16.6. The fourth-order valence-corrected chi connectivity index (χ4v) is 1.74. The average Bonchev–Trinajstić information content (AvgIpc) is 3.19. The fourth-order valence-electron chi connectivity index (χ4n) is 1.74. The first-order valence-corrected chi connectivity index (χ1v) is 7.77. The molecule has 1 rings (SSSR count). The normalized spacial score (nSPS) is 15.3. The van der Waals surface area contributed by atoms with Crippen LogP contribution >= 0.6 is 0 Å². The zero-order chi connectivity index (χ0) is 17.6. The van der Waals surface area contributed by atoms with E-state index in [2.05, 4.69) is 17.2 Å². The summed E-state index contributed by atoms with van der Waals surface area (Å²) in [5.74, 6) is -0.938. The standard InChI is InChI=1S/C16H26N2O5/c1-6-22-14(20)12(18-15(21)23-16(3,4)5)9-10(2)13(19)17-11-7-8-11/h11-12H,2,6-9H2,1,3-5H3,(H,17,19)(H,18,21)/t12-/m0/s1. The number of amides is 2. The number of nitrogens with one attached hydrogen (secondary N) is 2. The number of hydrogen-bond acceptors (Lipinski definition) is 5. The van der Waals surface area contributed by atoms with Crippen LogP contribution in [0.15, 0.2) is 12.2 Å². The van der Waals surface area contributed by atoms with Gasteiger partial charge in [-0.1, -0.05) is 6.58 Å². The molecule has 0 aromatic carbocycles. The van der Waals surface area contributed by atoms with E-state index in [1.165, 1.54) is 0 Å². The second kappa shape index (κ2) is 7.99. The molecule has 1 fully saturated rings. The highest BCUT2D eigenvalue weighted by Crippen LogP contribution is 2.19. The number of alkyl carbamates (subject to hydrolysis) is 1. The van der Waals surface area contributed by atoms with Crippen molar-refractivity contribution >= 4 is 18.0 Å². The maximum atomic E-state index is 12.0. The van der Waals surface area contributed by atoms with Gasteiger partial charge in [0.15, 0.2) is 0 Å². The van der Waals surface area contributed by atoms with Gasteiger partial charge in [-0.2, -0.15) is 0 Å². The van der Waals surface area contributed by atoms with Gasteiger partial charge >= 0.3 is 12.1 Å². The minimum Gasteiger partial charge on any atom is -0.464 e. The van der Waals surface area contributed by atoms with Gasteiger partial charge in [-0.15, -0.1) is 0 Å². The van der Waals surface area contributed by atoms with Crippen LogP contribution in [0.2, 0.25) is 0 Å². The summed E-state index contributed by atoms with van der Waals surface area (Å²) in [6.45, 7) is 10.7. The quantitative estimate of drug-likeness (QED) is 0.548. The summed E-state index contributed by atoms with van der Waals surface area (Å²) >= 11 is 0. The van der Waals surface area contributed by atoms with Crippen LogP contribution in [0.3, 0.4) is 0 Å². The zero-order valence-electron chi connectivity index (χ0n) is 14.2. The van der Waals surface area contributed by atoms with Gasteiger partial charge < -0.3 is 20.1 Å². The molecule has 0 spiro atoms. The summed E-state index contributed by atoms with van der Waals surface area (Å²) in [6.07, 6.45) is 1.13. The first-order valence-electron chi connectivity index (χ1n) is 7.77. The highest BCUT2D eigenvalue weighted by Gasteiger charge is 2.29. The van der Waals surface area contributed by atoms with Crippen molar-refractivity contribution in [2.24, 2.45) is 0 Å². The lowest BCUT2D eigenvalue weighted by Gasteiger charge is -2.23. The molecule has 1 atom stereocenters. The van der Waals surface area contributed by atoms with Crippen molar-refractivity contribution in [3.8, 4) is 0 Å². The Bertz CT molecular complexity index is 477. The molecule has 1 aliphatic rings. The molecule has 0 aromatic heterocycles. The molecule has 7 heteroatoms. The Hall–Kier alpha value is -2.05. The number of carbonyl (C=O) groups is 3. The van der Waals surface area contributed by atoms with E-state index in [9.17, 15) is 14.4 Å². The van der Waals surface area contributed by atoms with Crippen LogP contribution in [0.5, 0.6) is 0 Å². The van der Waals surface area contributed by atoms with Crippen molar-refractivity contribution in [3.63, 3.8) is 0 Å². The summed E-state index contributed by atoms with van der Waals surface area (Å²) in [7, 11) is 0. The Kier molecular flexibility index (Phi) is 6.60. The van der Waals surface area contributed by atoms with Crippen LogP contribution < -0.4 is 10.6 Å². The third-order valence-corrected chi connectivity index (χ3v) is 2.95. The molecule has 130 valence electrons. The molecule has 2 amide bonds. The van der Waals surface area contributed by atoms with Gasteiger partial charge in [0.1, 0.15) is 11.6 Å². The van der Waals surface area contributed by atoms with E-state index in [0.717, 1.165) is 12.8 Å². The smallest absolute Gasteiger partial charge is 0.408 e. The largest absolute Gasteiger partial charge is 0.464 e. The Balaban J connectivity index is 2.63. The van der Waals surface area contributed by atoms with Crippen LogP contribution in [0, 0.1) is 0 Å². The lowest BCUT2D eigenvalue weighted by atomic mass is 10.1. The average molecular weight is 326 g/mol. The number of esters is 1. The van der Waals surface area contributed by atoms with Gasteiger partial charge in [-0.3, -0.25) is 4.79 Å². The van der Waals surface area contributed by atoms with Gasteiger partial charge in [-0.05, 0) is 40.5 Å². The Morgan fingerprint density at radius 1 is 1.26 bits per heavy atom. The van der Waals surface area contributed by atoms with Gasteiger partial charge in [0.25, 0.3) is 0 Å². The molecule has 0 aromatic rings. The molecule has 1 saturated carbocycles. The van der Waals surface area contributed by atoms with Crippen molar-refractivity contribution in [1.29, 1.82) is 0 Å². The molecular weight excluding hydrogens is 300 g/mol. The van der Waals surface area contributed by atoms with Crippen LogP contribution in [0.4, 0.5) is 4.79 Å². The lowest BCUT2D eigenvalue weighted by Crippen LogP contribution is -2.45. The van der Waals surface area contributed by atoms with E-state index >= 15 is 0 Å². The van der Waals surface area contributed by atoms with Gasteiger partial charge in [0, 0.05) is 18.0 Å². The summed E-state index contributed by atoms with van der Waals surface area (Å²) in [4.78, 5) is 35.7. The molecule has 0 unspecified atom stereocenters. The molecule has 0 aliphatic heterocycles. The molecule has 0 radical (unpaired) electrons. The monoisotopic (exact) mass is 326 g/mol. The van der Waals surface area contributed by atoms with E-state index in [1.54, 1.807) is 27.7 Å². The van der Waals surface area contributed by atoms with Crippen LogP contribution in [0.1, 0.15) is 47.0 Å². The number of hydrogen-bond donors (Lipinski definition) is 2. The number of carbonyl (C=O) groups excluding carboxylic acids is 3. The number of rotatable bonds is 7. The molecule has 0 bridgehead atoms. The van der Waals surface area contributed by atoms with Gasteiger partial charge in [0.05, 0.1) is 6.61 Å². The van der Waals surface area contributed by atoms with Crippen LogP contribution in [-0.4, -0.2) is 42.3 Å². The zero-order valence-corrected chi connectivity index (χ0v) is 14.2. The van der Waals surface area contributed by atoms with E-state index in [0.29, 0.717) is 0 Å². The first-order chi connectivity index (χ1) is 10.6. The molecule has 0 heterocycles. The highest BCUT2D eigenvalue weighted by molar-refractivity contribution is 5.94. The van der Waals surface area contributed by atoms with Crippen molar-refractivity contribution in [3.05, 3.63) is 12.2 Å². The first kappa shape index (κ1) is 19.0. The Labute approximate surface area is 136 Å². The maximum Gasteiger partial charge on any atom is 0.408 e. The van der Waals surface area contributed by atoms with Crippen molar-refractivity contribution in [2.45, 2.75) is 64.6 Å². The second-order valence-corrected chi connectivity index (χ2v) is 6.51. The predicted molar refractivity (Wildman–Crippen MR) is 84.7 cm³/mol. The molecule has 23 heavy (non-hydrogen) atoms. The lowest BCUT2D eigenvalue weighted by molar-refractivity contribution is -0.145. The summed E-state index contributed by atoms with van der Waals surface area (Å²) < 4.78 is 10.1. The Morgan fingerprint density at radius 2 is 1.87 bits per heavy atom. The van der Waals surface area contributed by atoms with Crippen LogP contribution in [0.25, 0.3) is 0 Å². The van der Waals surface area contributed by atoms with Crippen LogP contribution in [-0.2, 0) is 19.1 Å². The van der Waals surface area contributed by atoms with E-state index < -0.39 is 23.7 Å². The molecular formula is C16H26N2O5. The Morgan fingerprint density at radius 3 is 2.35 bits per heavy atom. The SMILES string of the molecule is C=C(C[C@H](NC(=O)OC(C)(C)C)C(=O)OCC)C(=O)NC1CC1. The molecule has 7 nitrogen and oxygen atoms in total. The van der Waals surface area contributed by atoms with Crippen molar-refractivity contribution in [2.75, 3.05) is 6.61 Å². The van der Waals surface area contributed by atoms with E-state index in [1.807, 2.05) is 0 Å². The predicted octanol–water partition coefficient (Wildman–Crippen LogP) is 1.67. The summed E-state index contributed by atoms with van der Waals surface area (Å²) in [5, 5.41) is 5.22. The minimum absolute atomic E-state index is 0.0311. The third-order valence-electron chi connectivity index (χ3n) is 2.95. The van der Waals surface area contributed by atoms with Crippen molar-refractivity contribution in [1.82, 2.24) is 10.6 Å². The second-order valence-electron chi connectivity index (χ2n) is 6.51. The maximum absolute atomic E-state index is 12.0. The van der Waals surface area contributed by atoms with E-state index in [-0.39, 0.29) is 30.5 Å². The number of ether oxygens (including phenoxy) is 2. The third kappa shape index (κ3) is 7.67. The topological polar surface area (TPSA) is 93.7 Å². The molecule has 0 saturated heterocycles. The summed E-state index contributed by atoms with van der Waals surface area (Å²) in [5.41, 5.74) is -0.477. The fraction of sp³-hybridized carbons (Fsp3) is 0.688. The summed E-state index contributed by atoms with van der Waals surface area (Å²) in [6, 6.07) is -0.818. The van der Waals surface area contributed by atoms with Gasteiger partial charge in [0.2, 0.25) is 5.91 Å². The van der Waals surface area contributed by atoms with Gasteiger partial charge in [-0.25, -0.2) is 9.59 Å². The molecule has 2 N–H and O–H groups in total. The van der Waals surface area contributed by atoms with Crippen molar-refractivity contribution < 1.29 is 23.9 Å². The minimum atomic E-state index is -1.01. The molecule has 1 aliphatic carbocycles.